The van der Waals surface area contributed by atoms with Gasteiger partial charge in [0, 0.05) is 0 Å². The van der Waals surface area contributed by atoms with Gasteiger partial charge in [0.2, 0.25) is 0 Å². The van der Waals surface area contributed by atoms with Crippen LogP contribution in [0.15, 0.2) is 60.7 Å². The Kier molecular flexibility index (Phi) is 5.70. The first-order valence-corrected chi connectivity index (χ1v) is 9.85. The van der Waals surface area contributed by atoms with Crippen molar-refractivity contribution in [1.82, 2.24) is 0 Å². The zero-order valence-electron chi connectivity index (χ0n) is 9.91. The Morgan fingerprint density at radius 3 is 1.50 bits per heavy atom. The van der Waals surface area contributed by atoms with Crippen molar-refractivity contribution in [3.63, 3.8) is 0 Å². The van der Waals surface area contributed by atoms with Gasteiger partial charge in [-0.25, -0.2) is 0 Å². The summed E-state index contributed by atoms with van der Waals surface area (Å²) in [5, 5.41) is 1.87. The molecule has 0 N–H and O–H groups in total. The van der Waals surface area contributed by atoms with E-state index in [0.29, 0.717) is 3.58 Å². The molecule has 0 aliphatic heterocycles. The molecule has 0 atom stereocenters. The maximum atomic E-state index is 11.8. The van der Waals surface area contributed by atoms with Gasteiger partial charge < -0.3 is 0 Å². The fraction of sp³-hybridized carbons (Fsp3) is 0.133. The molecule has 0 saturated carbocycles. The summed E-state index contributed by atoms with van der Waals surface area (Å²) >= 11 is 0.215. The van der Waals surface area contributed by atoms with Crippen LogP contribution in [0.2, 0.25) is 0 Å². The molecule has 3 heteroatoms. The molecule has 2 rings (SSSR count). The fourth-order valence-electron chi connectivity index (χ4n) is 1.47. The number of hydrogen-bond donors (Lipinski definition) is 0. The molecule has 0 fully saturated rings. The summed E-state index contributed by atoms with van der Waals surface area (Å²) in [6.07, 6.45) is 0. The number of benzene rings is 2. The van der Waals surface area contributed by atoms with Crippen LogP contribution < -0.4 is 0 Å². The van der Waals surface area contributed by atoms with E-state index in [-0.39, 0.29) is 29.9 Å². The number of carbonyl (C=O) groups is 1. The van der Waals surface area contributed by atoms with Crippen LogP contribution in [0, 0.1) is 0 Å². The molecule has 0 aliphatic rings. The molecular weight excluding hydrogens is 354 g/mol. The molecule has 1 nitrogen and oxygen atoms in total. The standard InChI is InChI=1S/C15H14OSe2/c16-15(17-11-13-7-3-1-4-8-13)18-12-14-9-5-2-6-10-14/h1-10H,11-12H2. The van der Waals surface area contributed by atoms with Gasteiger partial charge in [-0.15, -0.1) is 0 Å². The SMILES string of the molecule is O=C([Se]Cc1ccccc1)[Se]Cc1ccccc1. The van der Waals surface area contributed by atoms with Crippen molar-refractivity contribution in [1.29, 1.82) is 0 Å². The molecular formula is C15H14OSe2. The molecule has 2 aromatic rings. The minimum absolute atomic E-state index is 0.107. The zero-order valence-corrected chi connectivity index (χ0v) is 13.3. The summed E-state index contributed by atoms with van der Waals surface area (Å²) in [4.78, 5) is 11.8. The van der Waals surface area contributed by atoms with E-state index in [1.54, 1.807) is 0 Å². The van der Waals surface area contributed by atoms with E-state index < -0.39 is 0 Å². The van der Waals surface area contributed by atoms with Crippen molar-refractivity contribution in [2.75, 3.05) is 0 Å². The maximum absolute atomic E-state index is 11.8. The third kappa shape index (κ3) is 4.80. The number of rotatable bonds is 6. The van der Waals surface area contributed by atoms with Crippen molar-refractivity contribution in [2.24, 2.45) is 0 Å². The second-order valence-corrected chi connectivity index (χ2v) is 9.09. The Labute approximate surface area is 120 Å². The summed E-state index contributed by atoms with van der Waals surface area (Å²) in [6.45, 7) is 0. The van der Waals surface area contributed by atoms with Gasteiger partial charge in [-0.05, 0) is 0 Å². The molecule has 0 bridgehead atoms. The predicted octanol–water partition coefficient (Wildman–Crippen LogP) is 2.92. The average molecular weight is 368 g/mol. The Bertz CT molecular complexity index is 437. The van der Waals surface area contributed by atoms with Crippen LogP contribution in [0.25, 0.3) is 0 Å². The van der Waals surface area contributed by atoms with Crippen molar-refractivity contribution in [3.8, 4) is 0 Å². The van der Waals surface area contributed by atoms with E-state index in [1.165, 1.54) is 11.1 Å². The molecule has 0 saturated heterocycles. The third-order valence-electron chi connectivity index (χ3n) is 2.40. The van der Waals surface area contributed by atoms with Crippen LogP contribution >= 0.6 is 0 Å². The van der Waals surface area contributed by atoms with Crippen molar-refractivity contribution in [2.45, 2.75) is 10.6 Å². The monoisotopic (exact) mass is 370 g/mol. The second kappa shape index (κ2) is 7.55. The summed E-state index contributed by atoms with van der Waals surface area (Å²) in [5.41, 5.74) is 2.56. The van der Waals surface area contributed by atoms with Gasteiger partial charge >= 0.3 is 121 Å². The van der Waals surface area contributed by atoms with Gasteiger partial charge in [0.05, 0.1) is 0 Å². The molecule has 0 spiro atoms. The van der Waals surface area contributed by atoms with E-state index in [1.807, 2.05) is 36.4 Å². The van der Waals surface area contributed by atoms with Crippen LogP contribution in [0.5, 0.6) is 0 Å². The Morgan fingerprint density at radius 2 is 1.11 bits per heavy atom. The molecule has 0 aromatic heterocycles. The Morgan fingerprint density at radius 1 is 0.722 bits per heavy atom. The van der Waals surface area contributed by atoms with Crippen LogP contribution in [0.3, 0.4) is 0 Å². The Hall–Kier alpha value is -0.851. The van der Waals surface area contributed by atoms with E-state index in [2.05, 4.69) is 24.3 Å². The quantitative estimate of drug-likeness (QED) is 0.717. The summed E-state index contributed by atoms with van der Waals surface area (Å²) in [7, 11) is 0. The predicted molar refractivity (Wildman–Crippen MR) is 77.2 cm³/mol. The van der Waals surface area contributed by atoms with Crippen molar-refractivity contribution in [3.05, 3.63) is 71.8 Å². The van der Waals surface area contributed by atoms with Gasteiger partial charge in [0.15, 0.2) is 0 Å². The normalized spacial score (nSPS) is 10.2. The molecule has 0 amide bonds. The van der Waals surface area contributed by atoms with Crippen molar-refractivity contribution >= 4 is 33.5 Å². The van der Waals surface area contributed by atoms with E-state index in [9.17, 15) is 4.79 Å². The molecule has 0 aliphatic carbocycles. The Balaban J connectivity index is 1.73. The first kappa shape index (κ1) is 13.6. The molecule has 0 heterocycles. The summed E-state index contributed by atoms with van der Waals surface area (Å²) in [5.74, 6) is 0. The topological polar surface area (TPSA) is 17.1 Å². The molecule has 0 unspecified atom stereocenters. The average Bonchev–Trinajstić information content (AvgIpc) is 2.45. The molecule has 2 aromatic carbocycles. The van der Waals surface area contributed by atoms with Gasteiger partial charge in [0.25, 0.3) is 0 Å². The van der Waals surface area contributed by atoms with E-state index in [4.69, 9.17) is 0 Å². The first-order valence-electron chi connectivity index (χ1n) is 5.72. The van der Waals surface area contributed by atoms with Gasteiger partial charge in [-0.2, -0.15) is 0 Å². The molecule has 18 heavy (non-hydrogen) atoms. The summed E-state index contributed by atoms with van der Waals surface area (Å²) in [6, 6.07) is 20.5. The molecule has 0 radical (unpaired) electrons. The third-order valence-corrected chi connectivity index (χ3v) is 7.96. The number of hydrogen-bond acceptors (Lipinski definition) is 1. The fourth-order valence-corrected chi connectivity index (χ4v) is 5.84. The van der Waals surface area contributed by atoms with Crippen LogP contribution in [0.1, 0.15) is 11.1 Å². The van der Waals surface area contributed by atoms with Crippen molar-refractivity contribution < 1.29 is 4.79 Å². The first-order chi connectivity index (χ1) is 8.84. The summed E-state index contributed by atoms with van der Waals surface area (Å²) < 4.78 is 0.475. The zero-order chi connectivity index (χ0) is 12.6. The minimum atomic E-state index is 0.107. The van der Waals surface area contributed by atoms with E-state index >= 15 is 0 Å². The second-order valence-electron chi connectivity index (χ2n) is 3.80. The van der Waals surface area contributed by atoms with E-state index in [0.717, 1.165) is 10.6 Å². The molecule has 92 valence electrons. The van der Waals surface area contributed by atoms with Gasteiger partial charge in [0.1, 0.15) is 0 Å². The van der Waals surface area contributed by atoms with Crippen LogP contribution in [-0.2, 0) is 10.6 Å². The van der Waals surface area contributed by atoms with Crippen LogP contribution in [-0.4, -0.2) is 33.5 Å². The van der Waals surface area contributed by atoms with Crippen LogP contribution in [0.4, 0.5) is 4.79 Å². The number of carbonyl (C=O) groups excluding carboxylic acids is 1. The van der Waals surface area contributed by atoms with Gasteiger partial charge in [-0.1, -0.05) is 0 Å². The van der Waals surface area contributed by atoms with Gasteiger partial charge in [-0.3, -0.25) is 0 Å².